The Balaban J connectivity index is 0.985. The number of nitrogens with one attached hydrogen (secondary N) is 2. The molecule has 0 bridgehead atoms. The Morgan fingerprint density at radius 3 is 1.73 bits per heavy atom. The monoisotopic (exact) mass is 594 g/mol. The molecule has 2 aliphatic rings. The van der Waals surface area contributed by atoms with Crippen molar-refractivity contribution in [2.75, 3.05) is 19.8 Å². The second-order valence-electron chi connectivity index (χ2n) is 10.9. The first-order valence-corrected chi connectivity index (χ1v) is 14.4. The molecule has 44 heavy (non-hydrogen) atoms. The van der Waals surface area contributed by atoms with Gasteiger partial charge in [-0.3, -0.25) is 9.97 Å². The first-order chi connectivity index (χ1) is 21.4. The van der Waals surface area contributed by atoms with E-state index >= 15 is 0 Å². The Morgan fingerprint density at radius 1 is 0.636 bits per heavy atom. The van der Waals surface area contributed by atoms with Gasteiger partial charge < -0.3 is 20.1 Å². The number of pyridine rings is 2. The average Bonchev–Trinajstić information content (AvgIpc) is 2.95. The van der Waals surface area contributed by atoms with Crippen LogP contribution in [-0.2, 0) is 6.42 Å². The minimum Gasteiger partial charge on any atom is -0.490 e. The molecule has 2 fully saturated rings. The van der Waals surface area contributed by atoms with Crippen LogP contribution in [0.4, 0.5) is 13.2 Å². The Morgan fingerprint density at radius 2 is 1.16 bits per heavy atom. The van der Waals surface area contributed by atoms with Gasteiger partial charge in [-0.2, -0.15) is 0 Å². The highest BCUT2D eigenvalue weighted by atomic mass is 19.1. The van der Waals surface area contributed by atoms with Crippen LogP contribution in [0.3, 0.4) is 0 Å². The predicted octanol–water partition coefficient (Wildman–Crippen LogP) is 4.79. The molecule has 6 rings (SSSR count). The van der Waals surface area contributed by atoms with E-state index in [-0.39, 0.29) is 23.5 Å². The fourth-order valence-corrected chi connectivity index (χ4v) is 4.97. The normalized spacial score (nSPS) is 18.5. The second-order valence-corrected chi connectivity index (χ2v) is 10.9. The minimum absolute atomic E-state index is 0.139. The highest BCUT2D eigenvalue weighted by Gasteiger charge is 2.28. The fraction of sp³-hybridized carbons (Fsp3) is 0.257. The molecule has 0 aliphatic carbocycles. The third-order valence-electron chi connectivity index (χ3n) is 7.30. The van der Waals surface area contributed by atoms with Crippen LogP contribution in [-0.4, -0.2) is 47.9 Å². The van der Waals surface area contributed by atoms with Crippen LogP contribution in [0.5, 0.6) is 11.5 Å². The Hall–Kier alpha value is -4.83. The summed E-state index contributed by atoms with van der Waals surface area (Å²) in [5, 5.41) is 6.77. The zero-order valence-electron chi connectivity index (χ0n) is 23.7. The van der Waals surface area contributed by atoms with E-state index in [1.807, 2.05) is 12.1 Å². The third-order valence-corrected chi connectivity index (χ3v) is 7.30. The summed E-state index contributed by atoms with van der Waals surface area (Å²) in [5.41, 5.74) is 2.97. The smallest absolute Gasteiger partial charge is 0.138 e. The Labute approximate surface area is 254 Å². The van der Waals surface area contributed by atoms with E-state index in [0.29, 0.717) is 53.9 Å². The van der Waals surface area contributed by atoms with Gasteiger partial charge >= 0.3 is 0 Å². The van der Waals surface area contributed by atoms with Crippen molar-refractivity contribution in [1.82, 2.24) is 20.6 Å². The molecular formula is C35H29F3N4O2. The van der Waals surface area contributed by atoms with E-state index < -0.39 is 11.6 Å². The lowest BCUT2D eigenvalue weighted by atomic mass is 9.91. The van der Waals surface area contributed by atoms with Crippen LogP contribution in [0.25, 0.3) is 0 Å². The van der Waals surface area contributed by atoms with Crippen molar-refractivity contribution in [3.63, 3.8) is 0 Å². The molecule has 2 N–H and O–H groups in total. The number of rotatable bonds is 8. The molecule has 0 saturated carbocycles. The molecule has 4 heterocycles. The molecule has 2 aliphatic heterocycles. The van der Waals surface area contributed by atoms with Gasteiger partial charge in [-0.15, -0.1) is 0 Å². The summed E-state index contributed by atoms with van der Waals surface area (Å²) in [6.07, 6.45) is 9.11. The number of benzene rings is 2. The maximum absolute atomic E-state index is 14.4. The Bertz CT molecular complexity index is 1740. The van der Waals surface area contributed by atoms with Crippen molar-refractivity contribution in [2.45, 2.75) is 37.4 Å². The molecular weight excluding hydrogens is 565 g/mol. The van der Waals surface area contributed by atoms with Gasteiger partial charge in [0, 0.05) is 58.8 Å². The number of nitrogens with zero attached hydrogens (tertiary/aromatic N) is 2. The van der Waals surface area contributed by atoms with Gasteiger partial charge in [-0.1, -0.05) is 23.7 Å². The predicted molar refractivity (Wildman–Crippen MR) is 160 cm³/mol. The highest BCUT2D eigenvalue weighted by Crippen LogP contribution is 2.21. The molecule has 222 valence electrons. The zero-order chi connectivity index (χ0) is 30.3. The summed E-state index contributed by atoms with van der Waals surface area (Å²) < 4.78 is 52.9. The van der Waals surface area contributed by atoms with Crippen molar-refractivity contribution in [3.8, 4) is 35.2 Å². The highest BCUT2D eigenvalue weighted by molar-refractivity contribution is 5.46. The number of ether oxygens (including phenoxy) is 2. The van der Waals surface area contributed by atoms with Gasteiger partial charge in [-0.05, 0) is 73.8 Å². The van der Waals surface area contributed by atoms with Crippen molar-refractivity contribution in [2.24, 2.45) is 0 Å². The zero-order valence-corrected chi connectivity index (χ0v) is 23.7. The lowest BCUT2D eigenvalue weighted by Crippen LogP contribution is -2.56. The third kappa shape index (κ3) is 8.17. The molecule has 1 unspecified atom stereocenters. The van der Waals surface area contributed by atoms with E-state index in [0.717, 1.165) is 31.0 Å². The first kappa shape index (κ1) is 29.3. The molecule has 9 heteroatoms. The van der Waals surface area contributed by atoms with Gasteiger partial charge in [0.05, 0.1) is 12.4 Å². The first-order valence-electron chi connectivity index (χ1n) is 14.4. The quantitative estimate of drug-likeness (QED) is 0.286. The fourth-order valence-electron chi connectivity index (χ4n) is 4.97. The summed E-state index contributed by atoms with van der Waals surface area (Å²) in [4.78, 5) is 8.35. The van der Waals surface area contributed by atoms with E-state index in [4.69, 9.17) is 9.47 Å². The molecule has 6 nitrogen and oxygen atoms in total. The van der Waals surface area contributed by atoms with E-state index in [1.165, 1.54) is 24.3 Å². The summed E-state index contributed by atoms with van der Waals surface area (Å²) in [5.74, 6) is 11.2. The van der Waals surface area contributed by atoms with Crippen molar-refractivity contribution >= 4 is 0 Å². The maximum atomic E-state index is 14.4. The number of hydrogen-bond acceptors (Lipinski definition) is 6. The molecule has 0 radical (unpaired) electrons. The molecule has 3 atom stereocenters. The summed E-state index contributed by atoms with van der Waals surface area (Å²) in [7, 11) is 0. The van der Waals surface area contributed by atoms with Crippen molar-refractivity contribution in [3.05, 3.63) is 119 Å². The largest absolute Gasteiger partial charge is 0.490 e. The van der Waals surface area contributed by atoms with Crippen LogP contribution in [0, 0.1) is 41.1 Å². The standard InChI is InChI=1S/C35H29F3N4O2/c36-28-8-23(1-3-25-13-34(19-39-17-25)43-21-31-5-6-41-31)7-27(11-28)12-32-16-33(42-32)22-44-35-14-26(18-40-20-35)4-2-24-9-29(37)15-30(38)10-24/h7-11,13-15,17-20,31-33,41-42H,5-6,12,16,21-22H2/t31-,32?,33-/m0/s1. The number of hydrogen-bond donors (Lipinski definition) is 2. The average molecular weight is 595 g/mol. The van der Waals surface area contributed by atoms with Gasteiger partial charge in [-0.25, -0.2) is 13.2 Å². The molecule has 2 aromatic carbocycles. The van der Waals surface area contributed by atoms with Gasteiger partial charge in [0.25, 0.3) is 0 Å². The van der Waals surface area contributed by atoms with E-state index in [1.54, 1.807) is 30.9 Å². The molecule has 2 aromatic heterocycles. The number of aromatic nitrogens is 2. The van der Waals surface area contributed by atoms with E-state index in [9.17, 15) is 13.2 Å². The SMILES string of the molecule is Fc1cc(F)cc(C#Cc2cncc(OC[C@@H]3CC(Cc4cc(F)cc(C#Cc5cncc(OC[C@@H]6CCN6)c5)c4)N3)c2)c1. The van der Waals surface area contributed by atoms with Gasteiger partial charge in [0.1, 0.15) is 42.2 Å². The second kappa shape index (κ2) is 13.6. The van der Waals surface area contributed by atoms with Crippen LogP contribution in [0.2, 0.25) is 0 Å². The molecule has 0 amide bonds. The van der Waals surface area contributed by atoms with Crippen molar-refractivity contribution in [1.29, 1.82) is 0 Å². The van der Waals surface area contributed by atoms with E-state index in [2.05, 4.69) is 44.3 Å². The van der Waals surface area contributed by atoms with Crippen LogP contribution in [0.15, 0.2) is 73.3 Å². The molecule has 0 spiro atoms. The summed E-state index contributed by atoms with van der Waals surface area (Å²) >= 11 is 0. The molecule has 4 aromatic rings. The van der Waals surface area contributed by atoms with Crippen LogP contribution >= 0.6 is 0 Å². The van der Waals surface area contributed by atoms with Gasteiger partial charge in [0.2, 0.25) is 0 Å². The summed E-state index contributed by atoms with van der Waals surface area (Å²) in [6, 6.07) is 12.3. The molecule has 2 saturated heterocycles. The topological polar surface area (TPSA) is 68.3 Å². The number of halogens is 3. The lowest BCUT2D eigenvalue weighted by Gasteiger charge is -2.37. The van der Waals surface area contributed by atoms with Crippen molar-refractivity contribution < 1.29 is 22.6 Å². The Kier molecular flexibility index (Phi) is 9.07. The summed E-state index contributed by atoms with van der Waals surface area (Å²) in [6.45, 7) is 2.05. The van der Waals surface area contributed by atoms with Crippen LogP contribution < -0.4 is 20.1 Å². The van der Waals surface area contributed by atoms with Gasteiger partial charge in [0.15, 0.2) is 0 Å². The minimum atomic E-state index is -0.680. The van der Waals surface area contributed by atoms with Crippen LogP contribution in [0.1, 0.15) is 40.7 Å². The maximum Gasteiger partial charge on any atom is 0.138 e. The lowest BCUT2D eigenvalue weighted by molar-refractivity contribution is 0.172.